The third-order valence-corrected chi connectivity index (χ3v) is 3.49. The summed E-state index contributed by atoms with van der Waals surface area (Å²) < 4.78 is 0. The number of aromatic hydroxyl groups is 1. The Balaban J connectivity index is 2.13. The summed E-state index contributed by atoms with van der Waals surface area (Å²) in [5.74, 6) is 0.425. The molecule has 1 unspecified atom stereocenters. The van der Waals surface area contributed by atoms with E-state index in [1.54, 1.807) is 6.07 Å². The van der Waals surface area contributed by atoms with Crippen LogP contribution in [0.15, 0.2) is 24.3 Å². The molecule has 2 heteroatoms. The average Bonchev–Trinajstić information content (AvgIpc) is 2.16. The zero-order valence-electron chi connectivity index (χ0n) is 11.1. The van der Waals surface area contributed by atoms with E-state index in [0.29, 0.717) is 11.2 Å². The van der Waals surface area contributed by atoms with Crippen LogP contribution in [0.2, 0.25) is 0 Å². The Morgan fingerprint density at radius 2 is 1.94 bits per heavy atom. The minimum Gasteiger partial charge on any atom is -0.508 e. The summed E-state index contributed by atoms with van der Waals surface area (Å²) in [6.45, 7) is 7.93. The number of hydrogen-bond donors (Lipinski definition) is 2. The summed E-state index contributed by atoms with van der Waals surface area (Å²) in [4.78, 5) is 0. The van der Waals surface area contributed by atoms with Gasteiger partial charge in [-0.3, -0.25) is 0 Å². The van der Waals surface area contributed by atoms with Crippen molar-refractivity contribution < 1.29 is 5.11 Å². The third kappa shape index (κ3) is 3.01. The molecule has 1 aliphatic heterocycles. The van der Waals surface area contributed by atoms with Crippen molar-refractivity contribution in [2.45, 2.75) is 45.6 Å². The lowest BCUT2D eigenvalue weighted by molar-refractivity contribution is 0.131. The van der Waals surface area contributed by atoms with Crippen LogP contribution in [-0.4, -0.2) is 17.2 Å². The first-order chi connectivity index (χ1) is 7.90. The van der Waals surface area contributed by atoms with Gasteiger partial charge in [-0.25, -0.2) is 0 Å². The minimum atomic E-state index is 0.192. The van der Waals surface area contributed by atoms with Gasteiger partial charge in [0.1, 0.15) is 5.75 Å². The van der Waals surface area contributed by atoms with Crippen molar-refractivity contribution in [3.63, 3.8) is 0 Å². The maximum absolute atomic E-state index is 9.86. The van der Waals surface area contributed by atoms with E-state index in [1.807, 2.05) is 18.2 Å². The Kier molecular flexibility index (Phi) is 3.17. The second-order valence-corrected chi connectivity index (χ2v) is 6.50. The van der Waals surface area contributed by atoms with Crippen LogP contribution >= 0.6 is 0 Å². The van der Waals surface area contributed by atoms with Gasteiger partial charge in [-0.15, -0.1) is 0 Å². The molecule has 2 rings (SSSR count). The molecule has 1 fully saturated rings. The quantitative estimate of drug-likeness (QED) is 0.841. The van der Waals surface area contributed by atoms with Crippen LogP contribution < -0.4 is 5.32 Å². The first kappa shape index (κ1) is 12.4. The van der Waals surface area contributed by atoms with Crippen LogP contribution in [0.25, 0.3) is 0 Å². The van der Waals surface area contributed by atoms with Crippen molar-refractivity contribution in [1.29, 1.82) is 0 Å². The molecule has 1 aromatic carbocycles. The number of rotatable bonds is 3. The topological polar surface area (TPSA) is 32.3 Å². The van der Waals surface area contributed by atoms with Crippen molar-refractivity contribution in [3.8, 4) is 5.75 Å². The number of benzene rings is 1. The molecule has 0 spiro atoms. The second kappa shape index (κ2) is 4.34. The van der Waals surface area contributed by atoms with E-state index in [9.17, 15) is 5.11 Å². The van der Waals surface area contributed by atoms with Crippen molar-refractivity contribution in [2.24, 2.45) is 5.41 Å². The number of nitrogens with one attached hydrogen (secondary N) is 1. The van der Waals surface area contributed by atoms with Crippen LogP contribution in [0, 0.1) is 5.41 Å². The lowest BCUT2D eigenvalue weighted by atomic mass is 9.71. The highest BCUT2D eigenvalue weighted by Gasteiger charge is 2.39. The highest BCUT2D eigenvalue weighted by Crippen LogP contribution is 2.37. The maximum atomic E-state index is 9.86. The zero-order chi connectivity index (χ0) is 12.5. The standard InChI is InChI=1S/C15H23NO/c1-14(2,3)11-15(8-9-16-15)10-12-6-4-5-7-13(12)17/h4-7,16-17H,8-11H2,1-3H3. The van der Waals surface area contributed by atoms with Gasteiger partial charge in [-0.2, -0.15) is 0 Å². The molecule has 0 amide bonds. The van der Waals surface area contributed by atoms with Gasteiger partial charge < -0.3 is 10.4 Å². The molecule has 0 aromatic heterocycles. The van der Waals surface area contributed by atoms with E-state index in [0.717, 1.165) is 24.9 Å². The second-order valence-electron chi connectivity index (χ2n) is 6.50. The molecule has 1 aromatic rings. The Labute approximate surface area is 104 Å². The van der Waals surface area contributed by atoms with Crippen molar-refractivity contribution in [2.75, 3.05) is 6.54 Å². The van der Waals surface area contributed by atoms with E-state index in [-0.39, 0.29) is 5.54 Å². The predicted octanol–water partition coefficient (Wildman–Crippen LogP) is 3.10. The molecule has 0 bridgehead atoms. The molecule has 0 saturated carbocycles. The molecule has 0 aliphatic carbocycles. The summed E-state index contributed by atoms with van der Waals surface area (Å²) in [5.41, 5.74) is 1.57. The van der Waals surface area contributed by atoms with Crippen LogP contribution in [0.3, 0.4) is 0 Å². The molecule has 1 saturated heterocycles. The number of phenolic OH excluding ortho intramolecular Hbond substituents is 1. The summed E-state index contributed by atoms with van der Waals surface area (Å²) in [6.07, 6.45) is 3.28. The Bertz CT molecular complexity index is 388. The van der Waals surface area contributed by atoms with Gasteiger partial charge in [0.2, 0.25) is 0 Å². The van der Waals surface area contributed by atoms with E-state index in [4.69, 9.17) is 0 Å². The average molecular weight is 233 g/mol. The van der Waals surface area contributed by atoms with Crippen LogP contribution in [0.1, 0.15) is 39.2 Å². The first-order valence-corrected chi connectivity index (χ1v) is 6.42. The number of hydrogen-bond acceptors (Lipinski definition) is 2. The lowest BCUT2D eigenvalue weighted by Crippen LogP contribution is -2.59. The van der Waals surface area contributed by atoms with Crippen molar-refractivity contribution >= 4 is 0 Å². The zero-order valence-corrected chi connectivity index (χ0v) is 11.1. The van der Waals surface area contributed by atoms with Gasteiger partial charge in [0, 0.05) is 5.54 Å². The first-order valence-electron chi connectivity index (χ1n) is 6.42. The summed E-state index contributed by atoms with van der Waals surface area (Å²) in [6, 6.07) is 7.68. The van der Waals surface area contributed by atoms with E-state index in [2.05, 4.69) is 26.1 Å². The molecule has 2 nitrogen and oxygen atoms in total. The fraction of sp³-hybridized carbons (Fsp3) is 0.600. The lowest BCUT2D eigenvalue weighted by Gasteiger charge is -2.47. The monoisotopic (exact) mass is 233 g/mol. The van der Waals surface area contributed by atoms with Gasteiger partial charge in [0.05, 0.1) is 0 Å². The highest BCUT2D eigenvalue weighted by atomic mass is 16.3. The van der Waals surface area contributed by atoms with Gasteiger partial charge in [0.25, 0.3) is 0 Å². The van der Waals surface area contributed by atoms with E-state index < -0.39 is 0 Å². The van der Waals surface area contributed by atoms with Crippen LogP contribution in [0.4, 0.5) is 0 Å². The summed E-state index contributed by atoms with van der Waals surface area (Å²) in [7, 11) is 0. The van der Waals surface area contributed by atoms with Gasteiger partial charge >= 0.3 is 0 Å². The van der Waals surface area contributed by atoms with Gasteiger partial charge in [-0.05, 0) is 42.9 Å². The molecular formula is C15H23NO. The fourth-order valence-corrected chi connectivity index (χ4v) is 2.88. The van der Waals surface area contributed by atoms with Crippen LogP contribution in [-0.2, 0) is 6.42 Å². The predicted molar refractivity (Wildman–Crippen MR) is 71.2 cm³/mol. The maximum Gasteiger partial charge on any atom is 0.118 e. The van der Waals surface area contributed by atoms with Gasteiger partial charge in [-0.1, -0.05) is 39.0 Å². The molecule has 0 radical (unpaired) electrons. The third-order valence-electron chi connectivity index (χ3n) is 3.49. The Hall–Kier alpha value is -1.02. The smallest absolute Gasteiger partial charge is 0.118 e. The Morgan fingerprint density at radius 1 is 1.29 bits per heavy atom. The van der Waals surface area contributed by atoms with Crippen molar-refractivity contribution in [1.82, 2.24) is 5.32 Å². The molecule has 1 heterocycles. The largest absolute Gasteiger partial charge is 0.508 e. The highest BCUT2D eigenvalue weighted by molar-refractivity contribution is 5.34. The van der Waals surface area contributed by atoms with E-state index >= 15 is 0 Å². The normalized spacial score (nSPS) is 24.4. The SMILES string of the molecule is CC(C)(C)CC1(Cc2ccccc2O)CCN1. The molecule has 1 aliphatic rings. The van der Waals surface area contributed by atoms with Crippen LogP contribution in [0.5, 0.6) is 5.75 Å². The summed E-state index contributed by atoms with van der Waals surface area (Å²) >= 11 is 0. The molecular weight excluding hydrogens is 210 g/mol. The molecule has 2 N–H and O–H groups in total. The molecule has 17 heavy (non-hydrogen) atoms. The number of para-hydroxylation sites is 1. The molecule has 1 atom stereocenters. The van der Waals surface area contributed by atoms with Gasteiger partial charge in [0.15, 0.2) is 0 Å². The summed E-state index contributed by atoms with van der Waals surface area (Å²) in [5, 5.41) is 13.4. The fourth-order valence-electron chi connectivity index (χ4n) is 2.88. The minimum absolute atomic E-state index is 0.192. The Morgan fingerprint density at radius 3 is 2.41 bits per heavy atom. The van der Waals surface area contributed by atoms with E-state index in [1.165, 1.54) is 6.42 Å². The van der Waals surface area contributed by atoms with Crippen molar-refractivity contribution in [3.05, 3.63) is 29.8 Å². The number of phenols is 1. The molecule has 94 valence electrons.